The van der Waals surface area contributed by atoms with E-state index in [1.165, 1.54) is 20.8 Å². The number of alkyl carbamates (subject to hydrolysis) is 1. The van der Waals surface area contributed by atoms with Crippen LogP contribution < -0.4 is 56.7 Å². The second-order valence-corrected chi connectivity index (χ2v) is 8.80. The fourth-order valence-electron chi connectivity index (χ4n) is 3.68. The van der Waals surface area contributed by atoms with Gasteiger partial charge in [0.25, 0.3) is 0 Å². The third-order valence-corrected chi connectivity index (χ3v) is 5.10. The first-order valence-corrected chi connectivity index (χ1v) is 10.4. The summed E-state index contributed by atoms with van der Waals surface area (Å²) in [7, 11) is 0. The first kappa shape index (κ1) is 28.6. The van der Waals surface area contributed by atoms with Crippen molar-refractivity contribution in [2.45, 2.75) is 44.8 Å². The maximum Gasteiger partial charge on any atom is 1.00 e. The Kier molecular flexibility index (Phi) is 9.57. The van der Waals surface area contributed by atoms with Gasteiger partial charge in [-0.15, -0.1) is 0 Å². The van der Waals surface area contributed by atoms with Gasteiger partial charge in [0, 0.05) is 12.3 Å². The van der Waals surface area contributed by atoms with Gasteiger partial charge in [0.05, 0.1) is 5.68 Å². The van der Waals surface area contributed by atoms with E-state index in [4.69, 9.17) is 9.47 Å². The van der Waals surface area contributed by atoms with E-state index >= 15 is 0 Å². The zero-order valence-electron chi connectivity index (χ0n) is 19.4. The minimum atomic E-state index is -5.82. The van der Waals surface area contributed by atoms with Gasteiger partial charge in [-0.05, 0) is 43.0 Å². The van der Waals surface area contributed by atoms with E-state index in [-0.39, 0.29) is 63.9 Å². The summed E-state index contributed by atoms with van der Waals surface area (Å²) in [5, 5.41) is 2.07. The molecule has 1 N–H and O–H groups in total. The van der Waals surface area contributed by atoms with Gasteiger partial charge in [0.15, 0.2) is 0 Å². The summed E-state index contributed by atoms with van der Waals surface area (Å²) in [6.07, 6.45) is -2.38. The molecule has 0 unspecified atom stereocenters. The number of carbonyl (C=O) groups excluding carboxylic acids is 3. The Morgan fingerprint density at radius 1 is 0.971 bits per heavy atom. The first-order chi connectivity index (χ1) is 15.4. The van der Waals surface area contributed by atoms with Crippen molar-refractivity contribution in [1.29, 1.82) is 0 Å². The summed E-state index contributed by atoms with van der Waals surface area (Å²) in [6.45, 7) is -1.36. The molecule has 0 bridgehead atoms. The van der Waals surface area contributed by atoms with Crippen LogP contribution in [0, 0.1) is 0 Å². The minimum Gasteiger partial charge on any atom is -0.458 e. The molecule has 176 valence electrons. The van der Waals surface area contributed by atoms with Gasteiger partial charge >= 0.3 is 70.4 Å². The predicted molar refractivity (Wildman–Crippen MR) is 117 cm³/mol. The Balaban J connectivity index is 0.00000408. The fourth-order valence-corrected chi connectivity index (χ4v) is 3.68. The van der Waals surface area contributed by atoms with Gasteiger partial charge in [-0.2, -0.15) is 0 Å². The largest absolute Gasteiger partial charge is 1.00 e. The summed E-state index contributed by atoms with van der Waals surface area (Å²) in [5.41, 5.74) is 0.795. The van der Waals surface area contributed by atoms with Crippen LogP contribution >= 0.6 is 0 Å². The van der Waals surface area contributed by atoms with Gasteiger partial charge in [0.1, 0.15) is 18.2 Å². The van der Waals surface area contributed by atoms with E-state index in [1.54, 1.807) is 0 Å². The number of fused-ring (bicyclic) bond motifs is 3. The smallest absolute Gasteiger partial charge is 0.458 e. The summed E-state index contributed by atoms with van der Waals surface area (Å²) in [4.78, 5) is 36.2. The van der Waals surface area contributed by atoms with Crippen molar-refractivity contribution < 1.29 is 88.2 Å². The number of halogens is 3. The van der Waals surface area contributed by atoms with Crippen LogP contribution in [0.2, 0.25) is 0 Å². The zero-order chi connectivity index (χ0) is 24.4. The number of nitrogens with one attached hydrogen (secondary N) is 1. The third-order valence-electron chi connectivity index (χ3n) is 5.10. The summed E-state index contributed by atoms with van der Waals surface area (Å²) in [5.74, 6) is -1.42. The van der Waals surface area contributed by atoms with Crippen molar-refractivity contribution in [2.75, 3.05) is 6.61 Å². The molecule has 0 saturated heterocycles. The molecule has 2 aromatic carbocycles. The quantitative estimate of drug-likeness (QED) is 0.461. The maximum atomic E-state index is 12.8. The number of carbonyl (C=O) groups is 3. The third kappa shape index (κ3) is 7.17. The van der Waals surface area contributed by atoms with Crippen LogP contribution in [0.1, 0.15) is 44.2 Å². The molecule has 1 amide bonds. The van der Waals surface area contributed by atoms with Crippen LogP contribution in [-0.2, 0) is 19.1 Å². The molecule has 2 aromatic rings. The molecule has 11 heteroatoms. The average Bonchev–Trinajstić information content (AvgIpc) is 3.03. The fraction of sp³-hybridized carbons (Fsp3) is 0.348. The van der Waals surface area contributed by atoms with E-state index in [1.807, 2.05) is 48.5 Å². The number of benzene rings is 2. The first-order valence-electron chi connectivity index (χ1n) is 10.4. The Morgan fingerprint density at radius 2 is 1.47 bits per heavy atom. The number of rotatable bonds is 7. The zero-order valence-corrected chi connectivity index (χ0v) is 22.6. The second-order valence-electron chi connectivity index (χ2n) is 8.80. The molecular weight excluding hydrogens is 477 g/mol. The van der Waals surface area contributed by atoms with Gasteiger partial charge < -0.3 is 32.5 Å². The van der Waals surface area contributed by atoms with Crippen molar-refractivity contribution in [2.24, 2.45) is 0 Å². The SMILES string of the molecule is CC(C)(C)OC(=O)[C@H](CC(=O)[B-](F)(F)F)NC(=O)OCC1c2ccccc2-c2ccccc21.[K+]. The van der Waals surface area contributed by atoms with E-state index in [0.717, 1.165) is 22.3 Å². The molecule has 0 radical (unpaired) electrons. The summed E-state index contributed by atoms with van der Waals surface area (Å²) >= 11 is 0. The predicted octanol–water partition coefficient (Wildman–Crippen LogP) is 1.59. The standard InChI is InChI=1S/C23H24BF3NO5.K/c1-23(2,3)33-21(30)19(12-20(29)24(25,26)27)28-22(31)32-13-18-16-10-6-4-8-14(16)15-9-5-7-11-17(15)18;/h4-11,18-19H,12-13H2,1-3H3,(H,28,31);/q-1;+1/t19-;/m0./s1. The molecule has 3 rings (SSSR count). The van der Waals surface area contributed by atoms with Crippen LogP contribution in [0.4, 0.5) is 17.7 Å². The van der Waals surface area contributed by atoms with E-state index in [0.29, 0.717) is 0 Å². The van der Waals surface area contributed by atoms with Gasteiger partial charge in [-0.25, -0.2) is 9.59 Å². The topological polar surface area (TPSA) is 81.7 Å². The number of ether oxygens (including phenoxy) is 2. The van der Waals surface area contributed by atoms with E-state index in [9.17, 15) is 27.3 Å². The molecular formula is C23H24BF3KNO5. The Morgan fingerprint density at radius 3 is 1.94 bits per heavy atom. The van der Waals surface area contributed by atoms with Crippen molar-refractivity contribution in [3.63, 3.8) is 0 Å². The maximum absolute atomic E-state index is 12.8. The van der Waals surface area contributed by atoms with Gasteiger partial charge in [0.2, 0.25) is 0 Å². The molecule has 1 aliphatic rings. The normalized spacial score (nSPS) is 13.7. The molecule has 34 heavy (non-hydrogen) atoms. The molecule has 0 saturated carbocycles. The van der Waals surface area contributed by atoms with Gasteiger partial charge in [-0.1, -0.05) is 48.5 Å². The van der Waals surface area contributed by atoms with E-state index in [2.05, 4.69) is 5.32 Å². The number of hydrogen-bond donors (Lipinski definition) is 1. The Bertz CT molecular complexity index is 1030. The minimum absolute atomic E-state index is 0. The van der Waals surface area contributed by atoms with Crippen molar-refractivity contribution in [3.05, 3.63) is 59.7 Å². The Labute approximate surface area is 238 Å². The summed E-state index contributed by atoms with van der Waals surface area (Å²) in [6, 6.07) is 13.4. The molecule has 6 nitrogen and oxygen atoms in total. The number of esters is 1. The van der Waals surface area contributed by atoms with Crippen LogP contribution in [0.15, 0.2) is 48.5 Å². The van der Waals surface area contributed by atoms with Gasteiger partial charge in [-0.3, -0.25) is 0 Å². The monoisotopic (exact) mass is 501 g/mol. The van der Waals surface area contributed by atoms with Crippen molar-refractivity contribution >= 4 is 24.7 Å². The van der Waals surface area contributed by atoms with Crippen molar-refractivity contribution in [1.82, 2.24) is 5.32 Å². The van der Waals surface area contributed by atoms with Crippen LogP contribution in [0.25, 0.3) is 11.1 Å². The molecule has 0 aliphatic heterocycles. The van der Waals surface area contributed by atoms with Crippen LogP contribution in [0.5, 0.6) is 0 Å². The second kappa shape index (κ2) is 11.4. The molecule has 0 spiro atoms. The average molecular weight is 501 g/mol. The molecule has 1 atom stereocenters. The number of amides is 1. The molecule has 0 fully saturated rings. The Hall–Kier alpha value is -1.66. The molecule has 0 aromatic heterocycles. The molecule has 0 heterocycles. The van der Waals surface area contributed by atoms with Crippen molar-refractivity contribution in [3.8, 4) is 11.1 Å². The molecule has 1 aliphatic carbocycles. The number of hydrogen-bond acceptors (Lipinski definition) is 5. The summed E-state index contributed by atoms with van der Waals surface area (Å²) < 4.78 is 48.7. The van der Waals surface area contributed by atoms with Crippen LogP contribution in [0.3, 0.4) is 0 Å². The van der Waals surface area contributed by atoms with Crippen LogP contribution in [-0.4, -0.2) is 43.0 Å². The van der Waals surface area contributed by atoms with E-state index < -0.39 is 42.8 Å².